The van der Waals surface area contributed by atoms with Gasteiger partial charge in [-0.1, -0.05) is 5.92 Å². The van der Waals surface area contributed by atoms with Crippen molar-refractivity contribution >= 4 is 0 Å². The van der Waals surface area contributed by atoms with E-state index in [2.05, 4.69) is 5.92 Å². The second-order valence-corrected chi connectivity index (χ2v) is 2.51. The summed E-state index contributed by atoms with van der Waals surface area (Å²) in [5.41, 5.74) is 1.16. The van der Waals surface area contributed by atoms with Crippen LogP contribution in [0.5, 0.6) is 0 Å². The zero-order valence-corrected chi connectivity index (χ0v) is 6.58. The molecule has 0 aliphatic rings. The summed E-state index contributed by atoms with van der Waals surface area (Å²) in [6.45, 7) is 1.52. The minimum Gasteiger partial charge on any atom is -0.472 e. The molecule has 0 saturated carbocycles. The monoisotopic (exact) mass is 149 g/mol. The molecule has 0 fully saturated rings. The lowest BCUT2D eigenvalue weighted by molar-refractivity contribution is 0.367. The van der Waals surface area contributed by atoms with E-state index >= 15 is 0 Å². The van der Waals surface area contributed by atoms with Crippen molar-refractivity contribution in [2.45, 2.75) is 6.54 Å². The zero-order chi connectivity index (χ0) is 8.10. The Balaban J connectivity index is 2.38. The van der Waals surface area contributed by atoms with Crippen LogP contribution in [0.25, 0.3) is 0 Å². The van der Waals surface area contributed by atoms with E-state index < -0.39 is 0 Å². The van der Waals surface area contributed by atoms with Crippen LogP contribution in [0.3, 0.4) is 0 Å². The molecule has 58 valence electrons. The molecule has 0 aliphatic heterocycles. The highest BCUT2D eigenvalue weighted by Crippen LogP contribution is 2.02. The van der Waals surface area contributed by atoms with Crippen LogP contribution in [0.2, 0.25) is 0 Å². The van der Waals surface area contributed by atoms with Crippen molar-refractivity contribution in [1.82, 2.24) is 4.90 Å². The van der Waals surface area contributed by atoms with Crippen LogP contribution in [0.15, 0.2) is 23.0 Å². The summed E-state index contributed by atoms with van der Waals surface area (Å²) in [6.07, 6.45) is 8.54. The molecular weight excluding hydrogens is 138 g/mol. The van der Waals surface area contributed by atoms with Crippen molar-refractivity contribution in [1.29, 1.82) is 0 Å². The first kappa shape index (κ1) is 7.90. The van der Waals surface area contributed by atoms with Gasteiger partial charge in [0.25, 0.3) is 0 Å². The van der Waals surface area contributed by atoms with Crippen LogP contribution in [0.4, 0.5) is 0 Å². The van der Waals surface area contributed by atoms with Crippen LogP contribution in [-0.2, 0) is 6.54 Å². The lowest BCUT2D eigenvalue weighted by Crippen LogP contribution is -2.17. The molecule has 1 aromatic rings. The predicted molar refractivity (Wildman–Crippen MR) is 43.9 cm³/mol. The normalized spacial score (nSPS) is 9.91. The van der Waals surface area contributed by atoms with Crippen molar-refractivity contribution in [3.63, 3.8) is 0 Å². The SMILES string of the molecule is C#CCN(C)Cc1ccoc1. The third kappa shape index (κ3) is 2.48. The molecule has 0 atom stereocenters. The molecule has 0 N–H and O–H groups in total. The first-order valence-electron chi connectivity index (χ1n) is 3.46. The van der Waals surface area contributed by atoms with Gasteiger partial charge in [0.15, 0.2) is 0 Å². The van der Waals surface area contributed by atoms with E-state index in [0.29, 0.717) is 6.54 Å². The smallest absolute Gasteiger partial charge is 0.0947 e. The second-order valence-electron chi connectivity index (χ2n) is 2.51. The molecule has 11 heavy (non-hydrogen) atoms. The maximum atomic E-state index is 5.14. The molecule has 1 heterocycles. The van der Waals surface area contributed by atoms with Gasteiger partial charge in [0.2, 0.25) is 0 Å². The highest BCUT2D eigenvalue weighted by atomic mass is 16.3. The summed E-state index contributed by atoms with van der Waals surface area (Å²) in [4.78, 5) is 2.05. The minimum absolute atomic E-state index is 0.672. The molecule has 2 nitrogen and oxygen atoms in total. The standard InChI is InChI=1S/C9H11NO/c1-3-5-10(2)7-9-4-6-11-8-9/h1,4,6,8H,5,7H2,2H3. The molecule has 0 saturated heterocycles. The van der Waals surface area contributed by atoms with Gasteiger partial charge in [-0.05, 0) is 13.1 Å². The molecular formula is C9H11NO. The lowest BCUT2D eigenvalue weighted by atomic mass is 10.3. The fourth-order valence-corrected chi connectivity index (χ4v) is 0.906. The summed E-state index contributed by atoms with van der Waals surface area (Å²) in [7, 11) is 1.98. The molecule has 2 heteroatoms. The van der Waals surface area contributed by atoms with Gasteiger partial charge >= 0.3 is 0 Å². The van der Waals surface area contributed by atoms with Gasteiger partial charge < -0.3 is 4.42 Å². The van der Waals surface area contributed by atoms with Crippen molar-refractivity contribution in [2.24, 2.45) is 0 Å². The summed E-state index contributed by atoms with van der Waals surface area (Å²) in [5.74, 6) is 2.58. The van der Waals surface area contributed by atoms with E-state index in [1.54, 1.807) is 12.5 Å². The van der Waals surface area contributed by atoms with Crippen LogP contribution < -0.4 is 0 Å². The number of hydrogen-bond acceptors (Lipinski definition) is 2. The maximum absolute atomic E-state index is 5.14. The van der Waals surface area contributed by atoms with Gasteiger partial charge in [-0.25, -0.2) is 0 Å². The zero-order valence-electron chi connectivity index (χ0n) is 6.58. The first-order chi connectivity index (χ1) is 5.33. The van der Waals surface area contributed by atoms with Gasteiger partial charge in [0.1, 0.15) is 0 Å². The molecule has 0 aliphatic carbocycles. The molecule has 0 spiro atoms. The Bertz CT molecular complexity index is 233. The molecule has 0 unspecified atom stereocenters. The summed E-state index contributed by atoms with van der Waals surface area (Å²) >= 11 is 0. The number of rotatable bonds is 3. The third-order valence-corrected chi connectivity index (χ3v) is 1.39. The Morgan fingerprint density at radius 2 is 2.55 bits per heavy atom. The molecule has 0 aromatic carbocycles. The van der Waals surface area contributed by atoms with Crippen LogP contribution in [0.1, 0.15) is 5.56 Å². The van der Waals surface area contributed by atoms with Crippen LogP contribution >= 0.6 is 0 Å². The molecule has 1 rings (SSSR count). The number of hydrogen-bond donors (Lipinski definition) is 0. The minimum atomic E-state index is 0.672. The summed E-state index contributed by atoms with van der Waals surface area (Å²) in [6, 6.07) is 1.94. The molecule has 0 radical (unpaired) electrons. The first-order valence-corrected chi connectivity index (χ1v) is 3.46. The predicted octanol–water partition coefficient (Wildman–Crippen LogP) is 1.34. The Morgan fingerprint density at radius 1 is 1.73 bits per heavy atom. The Morgan fingerprint density at radius 3 is 3.09 bits per heavy atom. The van der Waals surface area contributed by atoms with Gasteiger partial charge in [-0.2, -0.15) is 0 Å². The molecule has 0 bridgehead atoms. The van der Waals surface area contributed by atoms with E-state index in [9.17, 15) is 0 Å². The van der Waals surface area contributed by atoms with E-state index in [0.717, 1.165) is 12.1 Å². The van der Waals surface area contributed by atoms with E-state index in [1.807, 2.05) is 18.0 Å². The number of terminal acetylenes is 1. The average Bonchev–Trinajstić information content (AvgIpc) is 2.40. The average molecular weight is 149 g/mol. The molecule has 1 aromatic heterocycles. The Kier molecular flexibility index (Phi) is 2.76. The van der Waals surface area contributed by atoms with Gasteiger partial charge in [0, 0.05) is 12.1 Å². The van der Waals surface area contributed by atoms with Crippen LogP contribution in [0, 0.1) is 12.3 Å². The van der Waals surface area contributed by atoms with E-state index in [-0.39, 0.29) is 0 Å². The van der Waals surface area contributed by atoms with E-state index in [4.69, 9.17) is 10.8 Å². The second kappa shape index (κ2) is 3.85. The van der Waals surface area contributed by atoms with Gasteiger partial charge in [-0.3, -0.25) is 4.90 Å². The maximum Gasteiger partial charge on any atom is 0.0947 e. The van der Waals surface area contributed by atoms with Gasteiger partial charge in [0.05, 0.1) is 19.1 Å². The lowest BCUT2D eigenvalue weighted by Gasteiger charge is -2.10. The highest BCUT2D eigenvalue weighted by Gasteiger charge is 1.97. The summed E-state index contributed by atoms with van der Waals surface area (Å²) in [5, 5.41) is 0. The van der Waals surface area contributed by atoms with Crippen LogP contribution in [-0.4, -0.2) is 18.5 Å². The topological polar surface area (TPSA) is 16.4 Å². The fraction of sp³-hybridized carbons (Fsp3) is 0.333. The van der Waals surface area contributed by atoms with E-state index in [1.165, 1.54) is 0 Å². The van der Waals surface area contributed by atoms with Crippen molar-refractivity contribution in [3.05, 3.63) is 24.2 Å². The largest absolute Gasteiger partial charge is 0.472 e. The van der Waals surface area contributed by atoms with Crippen molar-refractivity contribution < 1.29 is 4.42 Å². The fourth-order valence-electron chi connectivity index (χ4n) is 0.906. The third-order valence-electron chi connectivity index (χ3n) is 1.39. The van der Waals surface area contributed by atoms with Crippen molar-refractivity contribution in [3.8, 4) is 12.3 Å². The Hall–Kier alpha value is -1.20. The quantitative estimate of drug-likeness (QED) is 0.603. The molecule has 0 amide bonds. The summed E-state index contributed by atoms with van der Waals surface area (Å²) < 4.78 is 4.92. The Labute approximate surface area is 66.8 Å². The number of nitrogens with zero attached hydrogens (tertiary/aromatic N) is 1. The highest BCUT2D eigenvalue weighted by molar-refractivity contribution is 5.05. The number of furan rings is 1. The van der Waals surface area contributed by atoms with Gasteiger partial charge in [-0.15, -0.1) is 6.42 Å². The van der Waals surface area contributed by atoms with Crippen molar-refractivity contribution in [2.75, 3.05) is 13.6 Å².